The summed E-state index contributed by atoms with van der Waals surface area (Å²) in [5, 5.41) is 4.03. The molecule has 3 heterocycles. The van der Waals surface area contributed by atoms with E-state index < -0.39 is 10.0 Å². The first-order valence-corrected chi connectivity index (χ1v) is 10.9. The highest BCUT2D eigenvalue weighted by atomic mass is 32.2. The number of fused-ring (bicyclic) bond motifs is 1. The van der Waals surface area contributed by atoms with Gasteiger partial charge in [0.15, 0.2) is 11.5 Å². The summed E-state index contributed by atoms with van der Waals surface area (Å²) in [6, 6.07) is 12.0. The van der Waals surface area contributed by atoms with Gasteiger partial charge in [0.25, 0.3) is 0 Å². The molecule has 0 atom stereocenters. The summed E-state index contributed by atoms with van der Waals surface area (Å²) in [6.45, 7) is 1.39. The van der Waals surface area contributed by atoms with E-state index in [0.717, 1.165) is 5.56 Å². The lowest BCUT2D eigenvalue weighted by molar-refractivity contribution is 0.171. The van der Waals surface area contributed by atoms with Crippen LogP contribution < -0.4 is 14.2 Å². The van der Waals surface area contributed by atoms with Crippen LogP contribution in [0.15, 0.2) is 51.9 Å². The fraction of sp³-hybridized carbons (Fsp3) is 0.300. The van der Waals surface area contributed by atoms with Crippen LogP contribution in [0.5, 0.6) is 17.2 Å². The highest BCUT2D eigenvalue weighted by Crippen LogP contribution is 2.37. The van der Waals surface area contributed by atoms with Crippen molar-refractivity contribution in [2.45, 2.75) is 10.8 Å². The molecule has 156 valence electrons. The van der Waals surface area contributed by atoms with Crippen LogP contribution in [0.3, 0.4) is 0 Å². The first kappa shape index (κ1) is 18.9. The van der Waals surface area contributed by atoms with E-state index in [-0.39, 0.29) is 23.9 Å². The molecular weight excluding hydrogens is 410 g/mol. The largest absolute Gasteiger partial charge is 0.496 e. The third kappa shape index (κ3) is 3.17. The molecule has 0 unspecified atom stereocenters. The fourth-order valence-electron chi connectivity index (χ4n) is 3.46. The van der Waals surface area contributed by atoms with Gasteiger partial charge in [0, 0.05) is 19.2 Å². The van der Waals surface area contributed by atoms with Crippen molar-refractivity contribution in [3.8, 4) is 28.6 Å². The minimum absolute atomic E-state index is 0.159. The Morgan fingerprint density at radius 1 is 1.07 bits per heavy atom. The molecule has 2 aliphatic rings. The first-order chi connectivity index (χ1) is 14.6. The van der Waals surface area contributed by atoms with Gasteiger partial charge in [-0.15, -0.1) is 0 Å². The topological polar surface area (TPSA) is 104 Å². The standard InChI is InChI=1S/C20H19N3O6S/c1-26-16-5-3-2-4-15(16)19-21-20(29-22-19)13-11-23(12-13)30(24,25)14-6-7-17-18(10-14)28-9-8-27-17/h2-7,10,13H,8-9,11-12H2,1H3. The summed E-state index contributed by atoms with van der Waals surface area (Å²) >= 11 is 0. The summed E-state index contributed by atoms with van der Waals surface area (Å²) in [5.41, 5.74) is 0.718. The Labute approximate surface area is 173 Å². The normalized spacial score (nSPS) is 16.8. The highest BCUT2D eigenvalue weighted by molar-refractivity contribution is 7.89. The monoisotopic (exact) mass is 429 g/mol. The van der Waals surface area contributed by atoms with Gasteiger partial charge in [0.1, 0.15) is 19.0 Å². The molecule has 0 N–H and O–H groups in total. The molecule has 2 aromatic carbocycles. The van der Waals surface area contributed by atoms with Gasteiger partial charge in [-0.1, -0.05) is 17.3 Å². The van der Waals surface area contributed by atoms with Crippen LogP contribution in [0.2, 0.25) is 0 Å². The molecule has 2 aliphatic heterocycles. The number of sulfonamides is 1. The minimum atomic E-state index is -3.64. The molecule has 0 bridgehead atoms. The maximum Gasteiger partial charge on any atom is 0.243 e. The van der Waals surface area contributed by atoms with Gasteiger partial charge in [-0.25, -0.2) is 8.42 Å². The number of hydrogen-bond donors (Lipinski definition) is 0. The number of rotatable bonds is 5. The van der Waals surface area contributed by atoms with E-state index in [2.05, 4.69) is 10.1 Å². The first-order valence-electron chi connectivity index (χ1n) is 9.43. The molecule has 3 aromatic rings. The Bertz CT molecular complexity index is 1190. The zero-order valence-corrected chi connectivity index (χ0v) is 17.0. The molecule has 0 spiro atoms. The second-order valence-corrected chi connectivity index (χ2v) is 8.92. The lowest BCUT2D eigenvalue weighted by Gasteiger charge is -2.35. The molecule has 1 saturated heterocycles. The van der Waals surface area contributed by atoms with Crippen LogP contribution >= 0.6 is 0 Å². The number of nitrogens with zero attached hydrogens (tertiary/aromatic N) is 3. The molecule has 9 nitrogen and oxygen atoms in total. The van der Waals surface area contributed by atoms with E-state index in [1.165, 1.54) is 16.4 Å². The van der Waals surface area contributed by atoms with Crippen LogP contribution in [0.4, 0.5) is 0 Å². The Kier molecular flexibility index (Phi) is 4.59. The summed E-state index contributed by atoms with van der Waals surface area (Å²) in [5.74, 6) is 2.29. The number of benzene rings is 2. The van der Waals surface area contributed by atoms with E-state index in [1.54, 1.807) is 13.2 Å². The molecule has 0 saturated carbocycles. The van der Waals surface area contributed by atoms with Crippen LogP contribution in [0.25, 0.3) is 11.4 Å². The van der Waals surface area contributed by atoms with Gasteiger partial charge in [-0.3, -0.25) is 0 Å². The van der Waals surface area contributed by atoms with Gasteiger partial charge in [0.2, 0.25) is 21.7 Å². The van der Waals surface area contributed by atoms with E-state index in [4.69, 9.17) is 18.7 Å². The number of hydrogen-bond acceptors (Lipinski definition) is 8. The molecular formula is C20H19N3O6S. The average Bonchev–Trinajstić information content (AvgIpc) is 3.21. The molecule has 1 aromatic heterocycles. The zero-order valence-electron chi connectivity index (χ0n) is 16.1. The Hall–Kier alpha value is -3.11. The van der Waals surface area contributed by atoms with Crippen molar-refractivity contribution in [2.24, 2.45) is 0 Å². The molecule has 5 rings (SSSR count). The molecule has 1 fully saturated rings. The third-order valence-corrected chi connectivity index (χ3v) is 6.97. The van der Waals surface area contributed by atoms with Gasteiger partial charge in [-0.2, -0.15) is 9.29 Å². The lowest BCUT2D eigenvalue weighted by atomic mass is 10.0. The van der Waals surface area contributed by atoms with Crippen molar-refractivity contribution in [3.63, 3.8) is 0 Å². The van der Waals surface area contributed by atoms with Crippen LogP contribution in [0.1, 0.15) is 11.8 Å². The van der Waals surface area contributed by atoms with Gasteiger partial charge in [0.05, 0.1) is 23.5 Å². The van der Waals surface area contributed by atoms with Crippen LogP contribution in [-0.4, -0.2) is 56.3 Å². The molecule has 0 aliphatic carbocycles. The van der Waals surface area contributed by atoms with E-state index >= 15 is 0 Å². The second-order valence-electron chi connectivity index (χ2n) is 6.98. The average molecular weight is 429 g/mol. The van der Waals surface area contributed by atoms with Crippen molar-refractivity contribution in [1.82, 2.24) is 14.4 Å². The lowest BCUT2D eigenvalue weighted by Crippen LogP contribution is -2.48. The Balaban J connectivity index is 1.31. The second kappa shape index (κ2) is 7.29. The summed E-state index contributed by atoms with van der Waals surface area (Å²) < 4.78 is 48.9. The highest BCUT2D eigenvalue weighted by Gasteiger charge is 2.41. The summed E-state index contributed by atoms with van der Waals surface area (Å²) in [6.07, 6.45) is 0. The molecule has 0 amide bonds. The number of para-hydroxylation sites is 1. The van der Waals surface area contributed by atoms with Crippen LogP contribution in [-0.2, 0) is 10.0 Å². The van der Waals surface area contributed by atoms with Crippen LogP contribution in [0, 0.1) is 0 Å². The smallest absolute Gasteiger partial charge is 0.243 e. The zero-order chi connectivity index (χ0) is 20.7. The number of ether oxygens (including phenoxy) is 3. The predicted molar refractivity (Wildman–Crippen MR) is 105 cm³/mol. The molecule has 0 radical (unpaired) electrons. The van der Waals surface area contributed by atoms with Gasteiger partial charge in [-0.05, 0) is 24.3 Å². The molecule has 30 heavy (non-hydrogen) atoms. The van der Waals surface area contributed by atoms with E-state index in [1.807, 2.05) is 24.3 Å². The summed E-state index contributed by atoms with van der Waals surface area (Å²) in [7, 11) is -2.07. The van der Waals surface area contributed by atoms with E-state index in [9.17, 15) is 8.42 Å². The number of aromatic nitrogens is 2. The Morgan fingerprint density at radius 3 is 2.63 bits per heavy atom. The number of methoxy groups -OCH3 is 1. The van der Waals surface area contributed by atoms with Crippen molar-refractivity contribution in [2.75, 3.05) is 33.4 Å². The Morgan fingerprint density at radius 2 is 1.83 bits per heavy atom. The van der Waals surface area contributed by atoms with Gasteiger partial charge >= 0.3 is 0 Å². The predicted octanol–water partition coefficient (Wildman–Crippen LogP) is 2.30. The quantitative estimate of drug-likeness (QED) is 0.609. The minimum Gasteiger partial charge on any atom is -0.496 e. The van der Waals surface area contributed by atoms with Crippen molar-refractivity contribution < 1.29 is 27.2 Å². The fourth-order valence-corrected chi connectivity index (χ4v) is 5.01. The van der Waals surface area contributed by atoms with Crippen molar-refractivity contribution in [1.29, 1.82) is 0 Å². The van der Waals surface area contributed by atoms with Crippen molar-refractivity contribution in [3.05, 3.63) is 48.4 Å². The van der Waals surface area contributed by atoms with Crippen molar-refractivity contribution >= 4 is 10.0 Å². The van der Waals surface area contributed by atoms with Gasteiger partial charge < -0.3 is 18.7 Å². The summed E-state index contributed by atoms with van der Waals surface area (Å²) in [4.78, 5) is 4.61. The SMILES string of the molecule is COc1ccccc1-c1noc(C2CN(S(=O)(=O)c3ccc4c(c3)OCCO4)C2)n1. The van der Waals surface area contributed by atoms with E-state index in [0.29, 0.717) is 42.2 Å². The maximum atomic E-state index is 12.9. The third-order valence-electron chi connectivity index (χ3n) is 5.14. The maximum absolute atomic E-state index is 12.9. The molecule has 10 heteroatoms.